The van der Waals surface area contributed by atoms with Crippen molar-refractivity contribution in [3.63, 3.8) is 0 Å². The Kier molecular flexibility index (Phi) is 5.14. The van der Waals surface area contributed by atoms with Gasteiger partial charge in [-0.25, -0.2) is 9.97 Å². The van der Waals surface area contributed by atoms with Gasteiger partial charge in [0.25, 0.3) is 0 Å². The summed E-state index contributed by atoms with van der Waals surface area (Å²) < 4.78 is 37.7. The van der Waals surface area contributed by atoms with Crippen molar-refractivity contribution >= 4 is 11.6 Å². The van der Waals surface area contributed by atoms with Gasteiger partial charge >= 0.3 is 6.18 Å². The fourth-order valence-electron chi connectivity index (χ4n) is 1.23. The summed E-state index contributed by atoms with van der Waals surface area (Å²) >= 11 is 0. The summed E-state index contributed by atoms with van der Waals surface area (Å²) in [6.07, 6.45) is -4.15. The van der Waals surface area contributed by atoms with E-state index in [4.69, 9.17) is 5.11 Å². The van der Waals surface area contributed by atoms with E-state index < -0.39 is 12.0 Å². The van der Waals surface area contributed by atoms with Crippen molar-refractivity contribution in [2.24, 2.45) is 0 Å². The molecule has 0 unspecified atom stereocenters. The lowest BCUT2D eigenvalue weighted by molar-refractivity contribution is -0.144. The molecule has 3 N–H and O–H groups in total. The van der Waals surface area contributed by atoms with Crippen LogP contribution in [0.4, 0.5) is 24.8 Å². The molecule has 0 aromatic carbocycles. The molecule has 0 radical (unpaired) electrons. The van der Waals surface area contributed by atoms with Gasteiger partial charge in [-0.15, -0.1) is 0 Å². The Bertz CT molecular complexity index is 384. The smallest absolute Gasteiger partial charge is 0.396 e. The third-order valence-corrected chi connectivity index (χ3v) is 1.98. The second-order valence-corrected chi connectivity index (χ2v) is 3.49. The third kappa shape index (κ3) is 4.36. The maximum absolute atomic E-state index is 12.6. The van der Waals surface area contributed by atoms with Crippen molar-refractivity contribution in [2.45, 2.75) is 19.5 Å². The maximum atomic E-state index is 12.6. The average Bonchev–Trinajstić information content (AvgIpc) is 2.28. The number of anilines is 2. The number of aliphatic hydroxyl groups is 1. The molecular formula is C10H15F3N4O. The fourth-order valence-corrected chi connectivity index (χ4v) is 1.23. The maximum Gasteiger partial charge on any atom is 0.451 e. The first kappa shape index (κ1) is 14.5. The van der Waals surface area contributed by atoms with E-state index >= 15 is 0 Å². The molecule has 0 aliphatic carbocycles. The van der Waals surface area contributed by atoms with Crippen LogP contribution in [0, 0.1) is 0 Å². The number of rotatable bonds is 6. The van der Waals surface area contributed by atoms with Crippen LogP contribution in [0.5, 0.6) is 0 Å². The summed E-state index contributed by atoms with van der Waals surface area (Å²) in [4.78, 5) is 6.78. The van der Waals surface area contributed by atoms with E-state index in [0.717, 1.165) is 0 Å². The summed E-state index contributed by atoms with van der Waals surface area (Å²) in [5.74, 6) is -0.986. The van der Waals surface area contributed by atoms with Crippen molar-refractivity contribution in [3.05, 3.63) is 11.9 Å². The molecular weight excluding hydrogens is 249 g/mol. The van der Waals surface area contributed by atoms with E-state index in [1.807, 2.05) is 0 Å². The zero-order valence-electron chi connectivity index (χ0n) is 9.88. The standard InChI is InChI=1S/C10H15F3N4O/c1-2-14-7-6-8(15-4-3-5-18)17-9(16-7)10(11,12)13/h6,18H,2-5H2,1H3,(H2,14,15,16,17). The Balaban J connectivity index is 2.91. The molecule has 0 bridgehead atoms. The number of hydrogen-bond acceptors (Lipinski definition) is 5. The van der Waals surface area contributed by atoms with Crippen LogP contribution >= 0.6 is 0 Å². The summed E-state index contributed by atoms with van der Waals surface area (Å²) in [6, 6.07) is 1.40. The van der Waals surface area contributed by atoms with E-state index in [0.29, 0.717) is 19.5 Å². The van der Waals surface area contributed by atoms with Crippen LogP contribution in [0.3, 0.4) is 0 Å². The molecule has 0 spiro atoms. The number of aromatic nitrogens is 2. The van der Waals surface area contributed by atoms with Gasteiger partial charge in [0.15, 0.2) is 0 Å². The molecule has 0 atom stereocenters. The van der Waals surface area contributed by atoms with Crippen LogP contribution in [0.1, 0.15) is 19.2 Å². The summed E-state index contributed by atoms with van der Waals surface area (Å²) in [7, 11) is 0. The molecule has 1 aromatic heterocycles. The third-order valence-electron chi connectivity index (χ3n) is 1.98. The lowest BCUT2D eigenvalue weighted by Gasteiger charge is -2.11. The second kappa shape index (κ2) is 6.39. The Morgan fingerprint density at radius 2 is 1.83 bits per heavy atom. The highest BCUT2D eigenvalue weighted by Crippen LogP contribution is 2.28. The van der Waals surface area contributed by atoms with E-state index in [1.165, 1.54) is 6.07 Å². The van der Waals surface area contributed by atoms with Crippen LogP contribution in [0.15, 0.2) is 6.07 Å². The Morgan fingerprint density at radius 3 is 2.33 bits per heavy atom. The molecule has 5 nitrogen and oxygen atoms in total. The largest absolute Gasteiger partial charge is 0.451 e. The first-order chi connectivity index (χ1) is 8.47. The van der Waals surface area contributed by atoms with Crippen molar-refractivity contribution in [2.75, 3.05) is 30.3 Å². The molecule has 1 aromatic rings. The minimum absolute atomic E-state index is 0.0374. The van der Waals surface area contributed by atoms with Crippen LogP contribution in [0.25, 0.3) is 0 Å². The average molecular weight is 264 g/mol. The number of alkyl halides is 3. The van der Waals surface area contributed by atoms with E-state index in [2.05, 4.69) is 20.6 Å². The van der Waals surface area contributed by atoms with Gasteiger partial charge < -0.3 is 15.7 Å². The minimum atomic E-state index is -4.58. The van der Waals surface area contributed by atoms with Crippen LogP contribution in [-0.4, -0.2) is 34.8 Å². The lowest BCUT2D eigenvalue weighted by atomic mass is 10.4. The van der Waals surface area contributed by atoms with E-state index in [-0.39, 0.29) is 18.2 Å². The molecule has 0 aliphatic heterocycles. The van der Waals surface area contributed by atoms with Gasteiger partial charge in [-0.1, -0.05) is 0 Å². The number of hydrogen-bond donors (Lipinski definition) is 3. The molecule has 0 fully saturated rings. The normalized spacial score (nSPS) is 11.4. The molecule has 102 valence electrons. The molecule has 0 amide bonds. The minimum Gasteiger partial charge on any atom is -0.396 e. The topological polar surface area (TPSA) is 70.1 Å². The fraction of sp³-hybridized carbons (Fsp3) is 0.600. The Morgan fingerprint density at radius 1 is 1.22 bits per heavy atom. The van der Waals surface area contributed by atoms with Crippen molar-refractivity contribution in [1.29, 1.82) is 0 Å². The van der Waals surface area contributed by atoms with Crippen molar-refractivity contribution in [1.82, 2.24) is 9.97 Å². The Hall–Kier alpha value is -1.57. The molecule has 8 heteroatoms. The first-order valence-electron chi connectivity index (χ1n) is 5.52. The molecule has 0 saturated carbocycles. The summed E-state index contributed by atoms with van der Waals surface area (Å²) in [6.45, 7) is 2.53. The monoisotopic (exact) mass is 264 g/mol. The molecule has 0 aliphatic rings. The highest BCUT2D eigenvalue weighted by Gasteiger charge is 2.35. The van der Waals surface area contributed by atoms with Gasteiger partial charge in [0.2, 0.25) is 5.82 Å². The predicted octanol–water partition coefficient (Wildman–Crippen LogP) is 1.72. The summed E-state index contributed by atoms with van der Waals surface area (Å²) in [5.41, 5.74) is 0. The van der Waals surface area contributed by atoms with E-state index in [1.54, 1.807) is 6.92 Å². The first-order valence-corrected chi connectivity index (χ1v) is 5.52. The van der Waals surface area contributed by atoms with Gasteiger partial charge in [0.05, 0.1) is 0 Å². The number of halogens is 3. The summed E-state index contributed by atoms with van der Waals surface area (Å²) in [5, 5.41) is 14.0. The SMILES string of the molecule is CCNc1cc(NCCCO)nc(C(F)(F)F)n1. The molecule has 18 heavy (non-hydrogen) atoms. The zero-order valence-corrected chi connectivity index (χ0v) is 9.88. The van der Waals surface area contributed by atoms with Crippen LogP contribution < -0.4 is 10.6 Å². The number of nitrogens with zero attached hydrogens (tertiary/aromatic N) is 2. The quantitative estimate of drug-likeness (QED) is 0.682. The van der Waals surface area contributed by atoms with E-state index in [9.17, 15) is 13.2 Å². The van der Waals surface area contributed by atoms with Crippen LogP contribution in [-0.2, 0) is 6.18 Å². The molecule has 1 heterocycles. The van der Waals surface area contributed by atoms with Crippen LogP contribution in [0.2, 0.25) is 0 Å². The number of aliphatic hydroxyl groups excluding tert-OH is 1. The molecule has 1 rings (SSSR count). The van der Waals surface area contributed by atoms with Gasteiger partial charge in [-0.05, 0) is 13.3 Å². The zero-order chi connectivity index (χ0) is 13.6. The molecule has 0 saturated heterocycles. The lowest BCUT2D eigenvalue weighted by Crippen LogP contribution is -2.15. The predicted molar refractivity (Wildman–Crippen MR) is 61.4 cm³/mol. The van der Waals surface area contributed by atoms with Gasteiger partial charge in [-0.3, -0.25) is 0 Å². The number of nitrogens with one attached hydrogen (secondary N) is 2. The highest BCUT2D eigenvalue weighted by atomic mass is 19.4. The van der Waals surface area contributed by atoms with Gasteiger partial charge in [0, 0.05) is 25.8 Å². The Labute approximate surface area is 102 Å². The van der Waals surface area contributed by atoms with Crippen molar-refractivity contribution < 1.29 is 18.3 Å². The van der Waals surface area contributed by atoms with Gasteiger partial charge in [-0.2, -0.15) is 13.2 Å². The highest BCUT2D eigenvalue weighted by molar-refractivity contribution is 5.47. The van der Waals surface area contributed by atoms with Crippen molar-refractivity contribution in [3.8, 4) is 0 Å². The van der Waals surface area contributed by atoms with Gasteiger partial charge in [0.1, 0.15) is 11.6 Å². The second-order valence-electron chi connectivity index (χ2n) is 3.49.